The first kappa shape index (κ1) is 12.0. The normalized spacial score (nSPS) is 10.1. The van der Waals surface area contributed by atoms with Gasteiger partial charge in [-0.25, -0.2) is 4.79 Å². The van der Waals surface area contributed by atoms with E-state index in [0.717, 1.165) is 5.56 Å². The minimum absolute atomic E-state index is 0.104. The van der Waals surface area contributed by atoms with Crippen molar-refractivity contribution in [3.05, 3.63) is 42.0 Å². The average molecular weight is 219 g/mol. The van der Waals surface area contributed by atoms with Crippen molar-refractivity contribution in [3.63, 3.8) is 0 Å². The molecule has 0 aromatic heterocycles. The largest absolute Gasteiger partial charge is 0.441 e. The Balaban J connectivity index is 2.34. The van der Waals surface area contributed by atoms with Gasteiger partial charge in [0.25, 0.3) is 0 Å². The molecule has 1 aromatic carbocycles. The fraction of sp³-hybridized carbons (Fsp3) is 0.167. The Kier molecular flexibility index (Phi) is 4.79. The molecule has 0 heterocycles. The Morgan fingerprint density at radius 1 is 1.31 bits per heavy atom. The number of ether oxygens (including phenoxy) is 1. The number of benzene rings is 1. The minimum Gasteiger partial charge on any atom is -0.441 e. The molecular weight excluding hydrogens is 206 g/mol. The monoisotopic (exact) mass is 219 g/mol. The minimum atomic E-state index is -0.488. The maximum absolute atomic E-state index is 11.1. The Morgan fingerprint density at radius 2 is 2.00 bits per heavy atom. The molecule has 0 bridgehead atoms. The van der Waals surface area contributed by atoms with Gasteiger partial charge in [0.15, 0.2) is 6.73 Å². The van der Waals surface area contributed by atoms with Crippen LogP contribution in [-0.2, 0) is 14.3 Å². The van der Waals surface area contributed by atoms with Crippen LogP contribution in [0.3, 0.4) is 0 Å². The second-order valence-corrected chi connectivity index (χ2v) is 3.08. The molecule has 0 radical (unpaired) electrons. The Morgan fingerprint density at radius 3 is 2.62 bits per heavy atom. The number of esters is 1. The number of amides is 1. The Labute approximate surface area is 93.9 Å². The van der Waals surface area contributed by atoms with Gasteiger partial charge in [0, 0.05) is 13.0 Å². The molecule has 0 aliphatic heterocycles. The highest BCUT2D eigenvalue weighted by molar-refractivity contribution is 5.87. The molecule has 0 unspecified atom stereocenters. The predicted octanol–water partition coefficient (Wildman–Crippen LogP) is 1.34. The van der Waals surface area contributed by atoms with Gasteiger partial charge in [-0.05, 0) is 11.6 Å². The van der Waals surface area contributed by atoms with Crippen molar-refractivity contribution in [3.8, 4) is 0 Å². The number of hydrogen-bond donors (Lipinski definition) is 1. The van der Waals surface area contributed by atoms with Crippen LogP contribution in [0.1, 0.15) is 12.5 Å². The molecular formula is C12H13NO3. The number of nitrogens with one attached hydrogen (secondary N) is 1. The quantitative estimate of drug-likeness (QED) is 0.472. The lowest BCUT2D eigenvalue weighted by Crippen LogP contribution is -2.24. The summed E-state index contributed by atoms with van der Waals surface area (Å²) in [4.78, 5) is 21.6. The van der Waals surface area contributed by atoms with Crippen molar-refractivity contribution in [1.29, 1.82) is 0 Å². The van der Waals surface area contributed by atoms with Crippen LogP contribution in [0.4, 0.5) is 0 Å². The molecule has 84 valence electrons. The lowest BCUT2D eigenvalue weighted by atomic mass is 10.2. The van der Waals surface area contributed by atoms with Gasteiger partial charge in [-0.2, -0.15) is 0 Å². The van der Waals surface area contributed by atoms with E-state index >= 15 is 0 Å². The molecule has 1 N–H and O–H groups in total. The van der Waals surface area contributed by atoms with Gasteiger partial charge >= 0.3 is 5.97 Å². The zero-order chi connectivity index (χ0) is 11.8. The van der Waals surface area contributed by atoms with E-state index in [1.165, 1.54) is 13.0 Å². The molecule has 0 atom stereocenters. The summed E-state index contributed by atoms with van der Waals surface area (Å²) < 4.78 is 4.72. The zero-order valence-electron chi connectivity index (χ0n) is 8.97. The van der Waals surface area contributed by atoms with E-state index in [2.05, 4.69) is 5.32 Å². The number of rotatable bonds is 4. The summed E-state index contributed by atoms with van der Waals surface area (Å²) in [6.45, 7) is 1.25. The van der Waals surface area contributed by atoms with E-state index in [4.69, 9.17) is 4.74 Å². The molecule has 1 aromatic rings. The molecule has 0 spiro atoms. The van der Waals surface area contributed by atoms with Crippen molar-refractivity contribution in [1.82, 2.24) is 5.32 Å². The third-order valence-corrected chi connectivity index (χ3v) is 1.75. The van der Waals surface area contributed by atoms with Crippen LogP contribution in [0.15, 0.2) is 36.4 Å². The van der Waals surface area contributed by atoms with Gasteiger partial charge in [0.1, 0.15) is 0 Å². The second kappa shape index (κ2) is 6.40. The summed E-state index contributed by atoms with van der Waals surface area (Å²) in [7, 11) is 0. The summed E-state index contributed by atoms with van der Waals surface area (Å²) >= 11 is 0. The molecule has 1 amide bonds. The van der Waals surface area contributed by atoms with E-state index in [1.807, 2.05) is 30.3 Å². The van der Waals surface area contributed by atoms with Gasteiger partial charge in [-0.3, -0.25) is 4.79 Å². The highest BCUT2D eigenvalue weighted by atomic mass is 16.5. The van der Waals surface area contributed by atoms with Crippen molar-refractivity contribution in [2.45, 2.75) is 6.92 Å². The standard InChI is InChI=1S/C12H13NO3/c1-10(14)13-9-16-12(15)8-7-11-5-3-2-4-6-11/h2-8H,9H2,1H3,(H,13,14)/b8-7-. The van der Waals surface area contributed by atoms with Gasteiger partial charge in [-0.15, -0.1) is 0 Å². The van der Waals surface area contributed by atoms with Crippen LogP contribution < -0.4 is 5.32 Å². The number of hydrogen-bond acceptors (Lipinski definition) is 3. The maximum Gasteiger partial charge on any atom is 0.332 e. The summed E-state index contributed by atoms with van der Waals surface area (Å²) in [5.41, 5.74) is 0.916. The molecule has 4 nitrogen and oxygen atoms in total. The summed E-state index contributed by atoms with van der Waals surface area (Å²) in [5.74, 6) is -0.725. The lowest BCUT2D eigenvalue weighted by molar-refractivity contribution is -0.139. The average Bonchev–Trinajstić information content (AvgIpc) is 2.27. The fourth-order valence-electron chi connectivity index (χ4n) is 0.985. The summed E-state index contributed by atoms with van der Waals surface area (Å²) in [6, 6.07) is 9.40. The van der Waals surface area contributed by atoms with Crippen LogP contribution in [0.2, 0.25) is 0 Å². The van der Waals surface area contributed by atoms with E-state index in [9.17, 15) is 9.59 Å². The molecule has 0 saturated carbocycles. The van der Waals surface area contributed by atoms with Crippen LogP contribution in [0.25, 0.3) is 6.08 Å². The molecule has 0 saturated heterocycles. The number of carbonyl (C=O) groups excluding carboxylic acids is 2. The second-order valence-electron chi connectivity index (χ2n) is 3.08. The fourth-order valence-corrected chi connectivity index (χ4v) is 0.985. The van der Waals surface area contributed by atoms with E-state index in [-0.39, 0.29) is 12.6 Å². The van der Waals surface area contributed by atoms with Gasteiger partial charge in [0.2, 0.25) is 5.91 Å². The lowest BCUT2D eigenvalue weighted by Gasteiger charge is -2.01. The molecule has 0 aliphatic carbocycles. The van der Waals surface area contributed by atoms with Crippen LogP contribution in [0, 0.1) is 0 Å². The van der Waals surface area contributed by atoms with E-state index < -0.39 is 5.97 Å². The van der Waals surface area contributed by atoms with Gasteiger partial charge in [0.05, 0.1) is 0 Å². The highest BCUT2D eigenvalue weighted by Crippen LogP contribution is 2.00. The maximum atomic E-state index is 11.1. The topological polar surface area (TPSA) is 55.4 Å². The molecule has 0 aliphatic rings. The van der Waals surface area contributed by atoms with E-state index in [0.29, 0.717) is 0 Å². The third-order valence-electron chi connectivity index (χ3n) is 1.75. The summed E-state index contributed by atoms with van der Waals surface area (Å²) in [6.07, 6.45) is 2.97. The smallest absolute Gasteiger partial charge is 0.332 e. The predicted molar refractivity (Wildman–Crippen MR) is 60.3 cm³/mol. The van der Waals surface area contributed by atoms with Crippen LogP contribution >= 0.6 is 0 Å². The Bertz CT molecular complexity index is 385. The Hall–Kier alpha value is -2.10. The van der Waals surface area contributed by atoms with Crippen molar-refractivity contribution in [2.24, 2.45) is 0 Å². The van der Waals surface area contributed by atoms with Crippen molar-refractivity contribution < 1.29 is 14.3 Å². The molecule has 1 rings (SSSR count). The molecule has 16 heavy (non-hydrogen) atoms. The van der Waals surface area contributed by atoms with Crippen LogP contribution in [-0.4, -0.2) is 18.6 Å². The van der Waals surface area contributed by atoms with Gasteiger partial charge in [-0.1, -0.05) is 30.3 Å². The number of carbonyl (C=O) groups is 2. The van der Waals surface area contributed by atoms with E-state index in [1.54, 1.807) is 6.08 Å². The first-order valence-corrected chi connectivity index (χ1v) is 4.83. The highest BCUT2D eigenvalue weighted by Gasteiger charge is 1.96. The zero-order valence-corrected chi connectivity index (χ0v) is 8.97. The summed E-state index contributed by atoms with van der Waals surface area (Å²) in [5, 5.41) is 2.36. The third kappa shape index (κ3) is 4.95. The van der Waals surface area contributed by atoms with Crippen molar-refractivity contribution in [2.75, 3.05) is 6.73 Å². The SMILES string of the molecule is CC(=O)NCOC(=O)/C=C\c1ccccc1. The first-order chi connectivity index (χ1) is 7.68. The van der Waals surface area contributed by atoms with Crippen molar-refractivity contribution >= 4 is 18.0 Å². The molecule has 4 heteroatoms. The van der Waals surface area contributed by atoms with Gasteiger partial charge < -0.3 is 10.1 Å². The first-order valence-electron chi connectivity index (χ1n) is 4.83. The molecule has 0 fully saturated rings. The van der Waals surface area contributed by atoms with Crippen LogP contribution in [0.5, 0.6) is 0 Å².